The Labute approximate surface area is 108 Å². The lowest BCUT2D eigenvalue weighted by Gasteiger charge is -2.03. The Bertz CT molecular complexity index is 629. The topological polar surface area (TPSA) is 108 Å². The van der Waals surface area contributed by atoms with Crippen LogP contribution in [-0.4, -0.2) is 30.4 Å². The average Bonchev–Trinajstić information content (AvgIpc) is 2.92. The Morgan fingerprint density at radius 2 is 2.16 bits per heavy atom. The number of nitrogens with one attached hydrogen (secondary N) is 1. The summed E-state index contributed by atoms with van der Waals surface area (Å²) in [7, 11) is 3.24. The Balaban J connectivity index is 2.12. The first-order chi connectivity index (χ1) is 8.99. The minimum absolute atomic E-state index is 0.0751. The predicted octanol–water partition coefficient (Wildman–Crippen LogP) is -0.00820. The summed E-state index contributed by atoms with van der Waals surface area (Å²) in [6, 6.07) is 0. The van der Waals surface area contributed by atoms with Crippen LogP contribution in [-0.2, 0) is 20.6 Å². The van der Waals surface area contributed by atoms with E-state index >= 15 is 0 Å². The Morgan fingerprint density at radius 3 is 2.74 bits per heavy atom. The highest BCUT2D eigenvalue weighted by Crippen LogP contribution is 2.16. The van der Waals surface area contributed by atoms with Crippen LogP contribution in [0, 0.1) is 10.1 Å². The van der Waals surface area contributed by atoms with E-state index in [-0.39, 0.29) is 17.9 Å². The molecular formula is C10H12N6O3. The van der Waals surface area contributed by atoms with Gasteiger partial charge in [0, 0.05) is 32.4 Å². The van der Waals surface area contributed by atoms with Crippen LogP contribution in [0.4, 0.5) is 5.69 Å². The summed E-state index contributed by atoms with van der Waals surface area (Å²) in [4.78, 5) is 22.1. The molecule has 2 heterocycles. The number of aryl methyl sites for hydroxylation is 2. The van der Waals surface area contributed by atoms with Gasteiger partial charge in [0.25, 0.3) is 5.91 Å². The van der Waals surface area contributed by atoms with Crippen molar-refractivity contribution >= 4 is 11.6 Å². The van der Waals surface area contributed by atoms with E-state index in [0.29, 0.717) is 0 Å². The van der Waals surface area contributed by atoms with Crippen LogP contribution in [0.3, 0.4) is 0 Å². The smallest absolute Gasteiger partial charge is 0.320 e. The largest absolute Gasteiger partial charge is 0.346 e. The van der Waals surface area contributed by atoms with Crippen LogP contribution < -0.4 is 5.32 Å². The van der Waals surface area contributed by atoms with Crippen LogP contribution in [0.15, 0.2) is 18.6 Å². The highest BCUT2D eigenvalue weighted by molar-refractivity contribution is 5.96. The molecule has 0 fully saturated rings. The van der Waals surface area contributed by atoms with Crippen LogP contribution >= 0.6 is 0 Å². The second kappa shape index (κ2) is 4.88. The van der Waals surface area contributed by atoms with Gasteiger partial charge < -0.3 is 5.32 Å². The third-order valence-corrected chi connectivity index (χ3v) is 2.54. The van der Waals surface area contributed by atoms with Gasteiger partial charge in [0.05, 0.1) is 11.1 Å². The summed E-state index contributed by atoms with van der Waals surface area (Å²) in [5, 5.41) is 21.0. The summed E-state index contributed by atoms with van der Waals surface area (Å²) in [6.07, 6.45) is 4.41. The number of rotatable bonds is 4. The Kier molecular flexibility index (Phi) is 3.27. The molecule has 0 aliphatic rings. The molecule has 0 saturated carbocycles. The molecule has 9 heteroatoms. The molecule has 9 nitrogen and oxygen atoms in total. The van der Waals surface area contributed by atoms with E-state index in [1.165, 1.54) is 11.7 Å². The van der Waals surface area contributed by atoms with Gasteiger partial charge in [-0.2, -0.15) is 10.2 Å². The molecule has 0 aromatic carbocycles. The van der Waals surface area contributed by atoms with Gasteiger partial charge in [-0.25, -0.2) is 0 Å². The number of hydrogen-bond acceptors (Lipinski definition) is 5. The number of aromatic nitrogens is 4. The normalized spacial score (nSPS) is 10.4. The van der Waals surface area contributed by atoms with E-state index in [0.717, 1.165) is 11.8 Å². The van der Waals surface area contributed by atoms with Gasteiger partial charge in [-0.05, 0) is 0 Å². The van der Waals surface area contributed by atoms with Crippen molar-refractivity contribution in [1.29, 1.82) is 0 Å². The molecule has 19 heavy (non-hydrogen) atoms. The van der Waals surface area contributed by atoms with Crippen LogP contribution in [0.25, 0.3) is 0 Å². The van der Waals surface area contributed by atoms with Gasteiger partial charge >= 0.3 is 5.69 Å². The van der Waals surface area contributed by atoms with Crippen molar-refractivity contribution < 1.29 is 9.72 Å². The van der Waals surface area contributed by atoms with Gasteiger partial charge in [-0.15, -0.1) is 0 Å². The second-order valence-electron chi connectivity index (χ2n) is 3.96. The number of hydrogen-bond donors (Lipinski definition) is 1. The van der Waals surface area contributed by atoms with Gasteiger partial charge in [-0.1, -0.05) is 0 Å². The van der Waals surface area contributed by atoms with Crippen molar-refractivity contribution in [2.45, 2.75) is 6.54 Å². The molecule has 0 unspecified atom stereocenters. The van der Waals surface area contributed by atoms with E-state index < -0.39 is 10.8 Å². The zero-order chi connectivity index (χ0) is 14.0. The molecule has 0 radical (unpaired) electrons. The van der Waals surface area contributed by atoms with E-state index in [1.54, 1.807) is 24.1 Å². The maximum Gasteiger partial charge on any atom is 0.320 e. The first-order valence-electron chi connectivity index (χ1n) is 5.41. The minimum atomic E-state index is -0.633. The maximum absolute atomic E-state index is 11.9. The summed E-state index contributed by atoms with van der Waals surface area (Å²) >= 11 is 0. The molecule has 100 valence electrons. The average molecular weight is 264 g/mol. The lowest BCUT2D eigenvalue weighted by atomic mass is 10.3. The number of nitrogens with zero attached hydrogens (tertiary/aromatic N) is 5. The van der Waals surface area contributed by atoms with Gasteiger partial charge in [0.15, 0.2) is 0 Å². The lowest BCUT2D eigenvalue weighted by molar-refractivity contribution is -0.385. The molecule has 2 aromatic rings. The highest BCUT2D eigenvalue weighted by Gasteiger charge is 2.25. The second-order valence-corrected chi connectivity index (χ2v) is 3.96. The fourth-order valence-electron chi connectivity index (χ4n) is 1.65. The summed E-state index contributed by atoms with van der Waals surface area (Å²) in [5.41, 5.74) is 0.417. The third-order valence-electron chi connectivity index (χ3n) is 2.54. The Morgan fingerprint density at radius 1 is 1.42 bits per heavy atom. The fourth-order valence-corrected chi connectivity index (χ4v) is 1.65. The van der Waals surface area contributed by atoms with Gasteiger partial charge in [0.2, 0.25) is 5.69 Å². The molecule has 0 bridgehead atoms. The molecule has 0 spiro atoms. The summed E-state index contributed by atoms with van der Waals surface area (Å²) in [5.74, 6) is -0.546. The molecule has 0 saturated heterocycles. The monoisotopic (exact) mass is 264 g/mol. The summed E-state index contributed by atoms with van der Waals surface area (Å²) < 4.78 is 2.78. The van der Waals surface area contributed by atoms with Crippen molar-refractivity contribution in [2.24, 2.45) is 14.1 Å². The number of nitro groups is 1. The van der Waals surface area contributed by atoms with E-state index in [2.05, 4.69) is 15.5 Å². The predicted molar refractivity (Wildman–Crippen MR) is 64.2 cm³/mol. The van der Waals surface area contributed by atoms with Crippen molar-refractivity contribution in [3.8, 4) is 0 Å². The Hall–Kier alpha value is -2.71. The lowest BCUT2D eigenvalue weighted by Crippen LogP contribution is -2.25. The zero-order valence-corrected chi connectivity index (χ0v) is 10.4. The minimum Gasteiger partial charge on any atom is -0.346 e. The molecule has 0 aliphatic carbocycles. The fraction of sp³-hybridized carbons (Fsp3) is 0.300. The number of carbonyl (C=O) groups excluding carboxylic acids is 1. The van der Waals surface area contributed by atoms with E-state index in [1.807, 2.05) is 0 Å². The van der Waals surface area contributed by atoms with Crippen LogP contribution in [0.2, 0.25) is 0 Å². The van der Waals surface area contributed by atoms with Crippen molar-refractivity contribution in [2.75, 3.05) is 0 Å². The number of amides is 1. The standard InChI is InChI=1S/C10H12N6O3/c1-14-6-7(4-12-14)3-11-10(17)9-8(16(18)19)5-13-15(9)2/h4-6H,3H2,1-2H3,(H,11,17). The zero-order valence-electron chi connectivity index (χ0n) is 10.4. The van der Waals surface area contributed by atoms with Gasteiger partial charge in [-0.3, -0.25) is 24.3 Å². The molecule has 1 amide bonds. The first kappa shape index (κ1) is 12.7. The molecule has 2 rings (SSSR count). The maximum atomic E-state index is 11.9. The van der Waals surface area contributed by atoms with Gasteiger partial charge in [0.1, 0.15) is 6.20 Å². The molecule has 1 N–H and O–H groups in total. The molecule has 0 aliphatic heterocycles. The molecular weight excluding hydrogens is 252 g/mol. The molecule has 2 aromatic heterocycles. The van der Waals surface area contributed by atoms with Crippen molar-refractivity contribution in [3.63, 3.8) is 0 Å². The third kappa shape index (κ3) is 2.59. The molecule has 0 atom stereocenters. The summed E-state index contributed by atoms with van der Waals surface area (Å²) in [6.45, 7) is 0.245. The first-order valence-corrected chi connectivity index (χ1v) is 5.41. The quantitative estimate of drug-likeness (QED) is 0.617. The van der Waals surface area contributed by atoms with E-state index in [9.17, 15) is 14.9 Å². The SMILES string of the molecule is Cn1cc(CNC(=O)c2c([N+](=O)[O-])cnn2C)cn1. The number of carbonyl (C=O) groups is 1. The van der Waals surface area contributed by atoms with Crippen molar-refractivity contribution in [3.05, 3.63) is 40.0 Å². The van der Waals surface area contributed by atoms with Crippen LogP contribution in [0.1, 0.15) is 16.1 Å². The van der Waals surface area contributed by atoms with E-state index in [4.69, 9.17) is 0 Å². The highest BCUT2D eigenvalue weighted by atomic mass is 16.6. The van der Waals surface area contributed by atoms with Crippen LogP contribution in [0.5, 0.6) is 0 Å². The van der Waals surface area contributed by atoms with Crippen molar-refractivity contribution in [1.82, 2.24) is 24.9 Å².